The maximum absolute atomic E-state index is 13.0. The summed E-state index contributed by atoms with van der Waals surface area (Å²) in [5.74, 6) is 6.51. The molecule has 0 bridgehead atoms. The zero-order valence-corrected chi connectivity index (χ0v) is 18.8. The van der Waals surface area contributed by atoms with Gasteiger partial charge in [0.05, 0.1) is 11.6 Å². The Labute approximate surface area is 182 Å². The van der Waals surface area contributed by atoms with Crippen LogP contribution in [0.25, 0.3) is 0 Å². The molecule has 4 saturated carbocycles. The molecule has 30 heavy (non-hydrogen) atoms. The molecule has 4 aliphatic rings. The van der Waals surface area contributed by atoms with Crippen molar-refractivity contribution in [2.75, 3.05) is 0 Å². The summed E-state index contributed by atoms with van der Waals surface area (Å²) in [4.78, 5) is 13.0. The SMILES string of the molecule is C[C@H]1CC[C@@H]2C3CC[C@@]4(C)C(CC[C@@H]4CC(=O)c4ccc(C#N)cc4)[C@@H]3CC[C@@H]2C1. The largest absolute Gasteiger partial charge is 0.294 e. The van der Waals surface area contributed by atoms with Gasteiger partial charge in [-0.15, -0.1) is 0 Å². The molecule has 0 spiro atoms. The number of hydrogen-bond acceptors (Lipinski definition) is 2. The number of nitriles is 1. The lowest BCUT2D eigenvalue weighted by Crippen LogP contribution is -2.48. The van der Waals surface area contributed by atoms with Gasteiger partial charge in [0.2, 0.25) is 0 Å². The maximum Gasteiger partial charge on any atom is 0.163 e. The summed E-state index contributed by atoms with van der Waals surface area (Å²) >= 11 is 0. The molecule has 1 aromatic carbocycles. The van der Waals surface area contributed by atoms with E-state index in [1.807, 2.05) is 12.1 Å². The van der Waals surface area contributed by atoms with Crippen LogP contribution in [0.15, 0.2) is 24.3 Å². The number of benzene rings is 1. The monoisotopic (exact) mass is 403 g/mol. The number of hydrogen-bond donors (Lipinski definition) is 0. The Morgan fingerprint density at radius 1 is 1.00 bits per heavy atom. The fraction of sp³-hybridized carbons (Fsp3) is 0.714. The fourth-order valence-corrected chi connectivity index (χ4v) is 8.60. The molecule has 8 atom stereocenters. The highest BCUT2D eigenvalue weighted by atomic mass is 16.1. The van der Waals surface area contributed by atoms with Crippen LogP contribution in [-0.2, 0) is 0 Å². The third kappa shape index (κ3) is 3.34. The van der Waals surface area contributed by atoms with E-state index in [0.717, 1.165) is 41.1 Å². The smallest absolute Gasteiger partial charge is 0.163 e. The van der Waals surface area contributed by atoms with E-state index in [0.29, 0.717) is 23.3 Å². The summed E-state index contributed by atoms with van der Waals surface area (Å²) in [7, 11) is 0. The molecule has 160 valence electrons. The Morgan fingerprint density at radius 3 is 2.53 bits per heavy atom. The molecule has 4 aliphatic carbocycles. The lowest BCUT2D eigenvalue weighted by atomic mass is 9.49. The second-order valence-electron chi connectivity index (χ2n) is 11.5. The van der Waals surface area contributed by atoms with Crippen LogP contribution in [0, 0.1) is 58.2 Å². The van der Waals surface area contributed by atoms with Crippen LogP contribution in [0.2, 0.25) is 0 Å². The van der Waals surface area contributed by atoms with E-state index in [-0.39, 0.29) is 5.78 Å². The first kappa shape index (κ1) is 20.3. The average Bonchev–Trinajstić information content (AvgIpc) is 3.09. The van der Waals surface area contributed by atoms with Crippen molar-refractivity contribution in [3.63, 3.8) is 0 Å². The second kappa shape index (κ2) is 7.81. The highest BCUT2D eigenvalue weighted by molar-refractivity contribution is 5.96. The molecule has 0 N–H and O–H groups in total. The standard InChI is InChI=1S/C28H37NO/c1-18-3-10-23-21(15-18)8-11-25-24(23)13-14-28(2)22(9-12-26(25)28)16-27(30)20-6-4-19(17-29)5-7-20/h4-7,18,21-26H,3,8-16H2,1-2H3/t18-,21+,22+,23-,24?,25+,26?,28+/m0/s1. The fourth-order valence-electron chi connectivity index (χ4n) is 8.60. The highest BCUT2D eigenvalue weighted by Crippen LogP contribution is 2.65. The second-order valence-corrected chi connectivity index (χ2v) is 11.5. The predicted molar refractivity (Wildman–Crippen MR) is 120 cm³/mol. The molecule has 0 aliphatic heterocycles. The third-order valence-electron chi connectivity index (χ3n) is 10.2. The molecular weight excluding hydrogens is 366 g/mol. The van der Waals surface area contributed by atoms with Gasteiger partial charge in [0.1, 0.15) is 0 Å². The van der Waals surface area contributed by atoms with Crippen LogP contribution in [0.3, 0.4) is 0 Å². The topological polar surface area (TPSA) is 40.9 Å². The van der Waals surface area contributed by atoms with Crippen molar-refractivity contribution in [3.05, 3.63) is 35.4 Å². The molecule has 2 heteroatoms. The van der Waals surface area contributed by atoms with E-state index in [1.54, 1.807) is 12.1 Å². The van der Waals surface area contributed by atoms with E-state index in [2.05, 4.69) is 19.9 Å². The molecule has 2 unspecified atom stereocenters. The van der Waals surface area contributed by atoms with Crippen LogP contribution in [0.1, 0.15) is 94.0 Å². The van der Waals surface area contributed by atoms with E-state index < -0.39 is 0 Å². The Morgan fingerprint density at radius 2 is 1.77 bits per heavy atom. The van der Waals surface area contributed by atoms with E-state index >= 15 is 0 Å². The number of rotatable bonds is 3. The van der Waals surface area contributed by atoms with Gasteiger partial charge in [0.15, 0.2) is 5.78 Å². The number of fused-ring (bicyclic) bond motifs is 5. The van der Waals surface area contributed by atoms with Gasteiger partial charge in [0, 0.05) is 12.0 Å². The molecule has 0 aromatic heterocycles. The highest BCUT2D eigenvalue weighted by Gasteiger charge is 2.56. The molecule has 0 amide bonds. The minimum absolute atomic E-state index is 0.276. The van der Waals surface area contributed by atoms with Crippen LogP contribution >= 0.6 is 0 Å². The first-order chi connectivity index (χ1) is 14.5. The molecule has 0 heterocycles. The molecular formula is C28H37NO. The average molecular weight is 404 g/mol. The van der Waals surface area contributed by atoms with Crippen molar-refractivity contribution in [2.45, 2.75) is 78.1 Å². The van der Waals surface area contributed by atoms with Gasteiger partial charge in [-0.3, -0.25) is 4.79 Å². The number of Topliss-reactive ketones (excluding diaryl/α,β-unsaturated/α-hetero) is 1. The third-order valence-corrected chi connectivity index (χ3v) is 10.2. The normalized spacial score (nSPS) is 42.5. The van der Waals surface area contributed by atoms with Crippen LogP contribution in [-0.4, -0.2) is 5.78 Å². The lowest BCUT2D eigenvalue weighted by molar-refractivity contribution is -0.0669. The van der Waals surface area contributed by atoms with Crippen LogP contribution < -0.4 is 0 Å². The molecule has 2 nitrogen and oxygen atoms in total. The number of carbonyl (C=O) groups excluding carboxylic acids is 1. The minimum Gasteiger partial charge on any atom is -0.294 e. The zero-order valence-electron chi connectivity index (χ0n) is 18.8. The van der Waals surface area contributed by atoms with Gasteiger partial charge in [-0.1, -0.05) is 32.4 Å². The van der Waals surface area contributed by atoms with E-state index in [1.165, 1.54) is 57.8 Å². The number of carbonyl (C=O) groups is 1. The summed E-state index contributed by atoms with van der Waals surface area (Å²) in [5, 5.41) is 9.01. The maximum atomic E-state index is 13.0. The van der Waals surface area contributed by atoms with Gasteiger partial charge < -0.3 is 0 Å². The predicted octanol–water partition coefficient (Wildman–Crippen LogP) is 7.04. The van der Waals surface area contributed by atoms with Gasteiger partial charge in [-0.25, -0.2) is 0 Å². The Balaban J connectivity index is 1.29. The molecule has 5 rings (SSSR count). The van der Waals surface area contributed by atoms with Crippen molar-refractivity contribution >= 4 is 5.78 Å². The minimum atomic E-state index is 0.276. The van der Waals surface area contributed by atoms with Crippen LogP contribution in [0.5, 0.6) is 0 Å². The summed E-state index contributed by atoms with van der Waals surface area (Å²) in [6.07, 6.45) is 13.4. The van der Waals surface area contributed by atoms with E-state index in [4.69, 9.17) is 5.26 Å². The van der Waals surface area contributed by atoms with Gasteiger partial charge in [-0.2, -0.15) is 5.26 Å². The Kier molecular flexibility index (Phi) is 5.29. The van der Waals surface area contributed by atoms with Crippen molar-refractivity contribution < 1.29 is 4.79 Å². The first-order valence-corrected chi connectivity index (χ1v) is 12.5. The molecule has 4 fully saturated rings. The Hall–Kier alpha value is -1.62. The summed E-state index contributed by atoms with van der Waals surface area (Å²) in [6, 6.07) is 9.39. The van der Waals surface area contributed by atoms with E-state index in [9.17, 15) is 4.79 Å². The van der Waals surface area contributed by atoms with Crippen molar-refractivity contribution in [3.8, 4) is 6.07 Å². The van der Waals surface area contributed by atoms with Gasteiger partial charge in [-0.05, 0) is 110 Å². The Bertz CT molecular complexity index is 835. The lowest BCUT2D eigenvalue weighted by Gasteiger charge is -2.56. The van der Waals surface area contributed by atoms with Gasteiger partial charge in [0.25, 0.3) is 0 Å². The summed E-state index contributed by atoms with van der Waals surface area (Å²) < 4.78 is 0. The van der Waals surface area contributed by atoms with Crippen LogP contribution in [0.4, 0.5) is 0 Å². The number of ketones is 1. The number of nitrogens with zero attached hydrogens (tertiary/aromatic N) is 1. The van der Waals surface area contributed by atoms with Gasteiger partial charge >= 0.3 is 0 Å². The van der Waals surface area contributed by atoms with Crippen molar-refractivity contribution in [1.82, 2.24) is 0 Å². The summed E-state index contributed by atoms with van der Waals surface area (Å²) in [5.41, 5.74) is 1.77. The molecule has 1 aromatic rings. The molecule has 0 radical (unpaired) electrons. The quantitative estimate of drug-likeness (QED) is 0.508. The summed E-state index contributed by atoms with van der Waals surface area (Å²) in [6.45, 7) is 5.00. The molecule has 0 saturated heterocycles. The first-order valence-electron chi connectivity index (χ1n) is 12.5. The zero-order chi connectivity index (χ0) is 20.9. The van der Waals surface area contributed by atoms with Crippen molar-refractivity contribution in [1.29, 1.82) is 5.26 Å². The van der Waals surface area contributed by atoms with Crippen molar-refractivity contribution in [2.24, 2.45) is 46.8 Å².